The van der Waals surface area contributed by atoms with Crippen molar-refractivity contribution in [3.63, 3.8) is 0 Å². The molecule has 0 fully saturated rings. The van der Waals surface area contributed by atoms with Crippen LogP contribution in [0.2, 0.25) is 0 Å². The van der Waals surface area contributed by atoms with Gasteiger partial charge in [0.05, 0.1) is 6.61 Å². The van der Waals surface area contributed by atoms with E-state index in [0.717, 1.165) is 24.2 Å². The Morgan fingerprint density at radius 1 is 1.35 bits per heavy atom. The molecule has 0 spiro atoms. The number of aliphatic carboxylic acids is 1. The summed E-state index contributed by atoms with van der Waals surface area (Å²) >= 11 is 0. The van der Waals surface area contributed by atoms with Crippen LogP contribution >= 0.6 is 0 Å². The van der Waals surface area contributed by atoms with Crippen LogP contribution in [0.1, 0.15) is 37.3 Å². The Balaban J connectivity index is 2.33. The standard InChI is InChI=1S/C16H25NO3/c1-12-7-8-14(13(2)11-12)20-10-6-5-9-16(3,17-4)15(18)19/h7-8,11,17H,5-6,9-10H2,1-4H3,(H,18,19). The molecule has 1 unspecified atom stereocenters. The first-order valence-electron chi connectivity index (χ1n) is 7.01. The molecule has 20 heavy (non-hydrogen) atoms. The summed E-state index contributed by atoms with van der Waals surface area (Å²) < 4.78 is 5.73. The van der Waals surface area contributed by atoms with E-state index in [4.69, 9.17) is 9.84 Å². The summed E-state index contributed by atoms with van der Waals surface area (Å²) in [4.78, 5) is 11.1. The minimum atomic E-state index is -0.847. The number of nitrogens with one attached hydrogen (secondary N) is 1. The molecule has 0 saturated carbocycles. The van der Waals surface area contributed by atoms with Gasteiger partial charge in [-0.25, -0.2) is 0 Å². The average Bonchev–Trinajstić information content (AvgIpc) is 2.40. The van der Waals surface area contributed by atoms with Gasteiger partial charge in [0.1, 0.15) is 11.3 Å². The number of aryl methyl sites for hydroxylation is 2. The Labute approximate surface area is 121 Å². The minimum Gasteiger partial charge on any atom is -0.493 e. The molecule has 4 heteroatoms. The van der Waals surface area contributed by atoms with Crippen molar-refractivity contribution in [3.05, 3.63) is 29.3 Å². The van der Waals surface area contributed by atoms with E-state index >= 15 is 0 Å². The lowest BCUT2D eigenvalue weighted by Crippen LogP contribution is -2.47. The Morgan fingerprint density at radius 3 is 2.60 bits per heavy atom. The van der Waals surface area contributed by atoms with Crippen LogP contribution in [0, 0.1) is 13.8 Å². The average molecular weight is 279 g/mol. The van der Waals surface area contributed by atoms with Crippen LogP contribution in [0.25, 0.3) is 0 Å². The molecule has 4 nitrogen and oxygen atoms in total. The quantitative estimate of drug-likeness (QED) is 0.718. The van der Waals surface area contributed by atoms with E-state index < -0.39 is 11.5 Å². The third-order valence-electron chi connectivity index (χ3n) is 3.68. The highest BCUT2D eigenvalue weighted by Crippen LogP contribution is 2.19. The monoisotopic (exact) mass is 279 g/mol. The van der Waals surface area contributed by atoms with Gasteiger partial charge in [0.25, 0.3) is 0 Å². The number of unbranched alkanes of at least 4 members (excludes halogenated alkanes) is 1. The molecule has 1 aromatic rings. The summed E-state index contributed by atoms with van der Waals surface area (Å²) in [6.45, 7) is 6.41. The minimum absolute atomic E-state index is 0.592. The third kappa shape index (κ3) is 4.53. The fourth-order valence-corrected chi connectivity index (χ4v) is 2.06. The molecule has 0 aromatic heterocycles. The smallest absolute Gasteiger partial charge is 0.323 e. The normalized spacial score (nSPS) is 13.8. The van der Waals surface area contributed by atoms with Gasteiger partial charge in [-0.1, -0.05) is 17.7 Å². The van der Waals surface area contributed by atoms with E-state index in [1.807, 2.05) is 19.1 Å². The maximum atomic E-state index is 11.1. The predicted molar refractivity (Wildman–Crippen MR) is 80.4 cm³/mol. The number of carboxylic acid groups (broad SMARTS) is 1. The van der Waals surface area contributed by atoms with Crippen molar-refractivity contribution in [3.8, 4) is 5.75 Å². The van der Waals surface area contributed by atoms with E-state index in [0.29, 0.717) is 13.0 Å². The van der Waals surface area contributed by atoms with E-state index in [1.165, 1.54) is 5.56 Å². The molecule has 0 heterocycles. The van der Waals surface area contributed by atoms with Gasteiger partial charge in [0, 0.05) is 0 Å². The number of ether oxygens (including phenoxy) is 1. The van der Waals surface area contributed by atoms with Gasteiger partial charge in [-0.3, -0.25) is 4.79 Å². The molecule has 0 saturated heterocycles. The van der Waals surface area contributed by atoms with Crippen LogP contribution in [-0.4, -0.2) is 30.3 Å². The molecule has 1 rings (SSSR count). The van der Waals surface area contributed by atoms with E-state index in [-0.39, 0.29) is 0 Å². The van der Waals surface area contributed by atoms with Crippen molar-refractivity contribution < 1.29 is 14.6 Å². The number of carboxylic acids is 1. The molecule has 0 amide bonds. The zero-order chi connectivity index (χ0) is 15.2. The van der Waals surface area contributed by atoms with Crippen LogP contribution in [0.3, 0.4) is 0 Å². The molecule has 112 valence electrons. The van der Waals surface area contributed by atoms with Crippen LogP contribution in [0.15, 0.2) is 18.2 Å². The van der Waals surface area contributed by atoms with Gasteiger partial charge >= 0.3 is 5.97 Å². The van der Waals surface area contributed by atoms with Crippen LogP contribution in [0.5, 0.6) is 5.75 Å². The van der Waals surface area contributed by atoms with Gasteiger partial charge in [-0.2, -0.15) is 0 Å². The zero-order valence-electron chi connectivity index (χ0n) is 12.8. The maximum Gasteiger partial charge on any atom is 0.323 e. The Morgan fingerprint density at radius 2 is 2.05 bits per heavy atom. The highest BCUT2D eigenvalue weighted by Gasteiger charge is 2.29. The lowest BCUT2D eigenvalue weighted by molar-refractivity contribution is -0.144. The number of hydrogen-bond acceptors (Lipinski definition) is 3. The van der Waals surface area contributed by atoms with E-state index in [9.17, 15) is 4.79 Å². The second-order valence-electron chi connectivity index (χ2n) is 5.46. The molecule has 2 N–H and O–H groups in total. The number of rotatable bonds is 8. The van der Waals surface area contributed by atoms with Gasteiger partial charge in [-0.05, 0) is 58.7 Å². The third-order valence-corrected chi connectivity index (χ3v) is 3.68. The van der Waals surface area contributed by atoms with Gasteiger partial charge < -0.3 is 15.2 Å². The van der Waals surface area contributed by atoms with Crippen molar-refractivity contribution in [2.75, 3.05) is 13.7 Å². The predicted octanol–water partition coefficient (Wildman–Crippen LogP) is 2.92. The summed E-state index contributed by atoms with van der Waals surface area (Å²) in [5.74, 6) is 0.0977. The topological polar surface area (TPSA) is 58.6 Å². The first kappa shape index (κ1) is 16.5. The molecule has 0 radical (unpaired) electrons. The summed E-state index contributed by atoms with van der Waals surface area (Å²) in [6.07, 6.45) is 2.25. The van der Waals surface area contributed by atoms with Crippen LogP contribution in [0.4, 0.5) is 0 Å². The van der Waals surface area contributed by atoms with E-state index in [1.54, 1.807) is 14.0 Å². The molecule has 0 aliphatic heterocycles. The Kier molecular flexibility index (Phi) is 6.02. The highest BCUT2D eigenvalue weighted by atomic mass is 16.5. The SMILES string of the molecule is CNC(C)(CCCCOc1ccc(C)cc1C)C(=O)O. The second-order valence-corrected chi connectivity index (χ2v) is 5.46. The number of benzene rings is 1. The van der Waals surface area contributed by atoms with Crippen molar-refractivity contribution in [1.82, 2.24) is 5.32 Å². The fraction of sp³-hybridized carbons (Fsp3) is 0.562. The van der Waals surface area contributed by atoms with Crippen molar-refractivity contribution in [2.24, 2.45) is 0 Å². The van der Waals surface area contributed by atoms with E-state index in [2.05, 4.69) is 18.3 Å². The molecule has 1 atom stereocenters. The molecular formula is C16H25NO3. The summed E-state index contributed by atoms with van der Waals surface area (Å²) in [6, 6.07) is 6.11. The number of hydrogen-bond donors (Lipinski definition) is 2. The summed E-state index contributed by atoms with van der Waals surface area (Å²) in [7, 11) is 1.68. The molecular weight excluding hydrogens is 254 g/mol. The lowest BCUT2D eigenvalue weighted by atomic mass is 9.95. The van der Waals surface area contributed by atoms with Crippen molar-refractivity contribution in [2.45, 2.75) is 45.6 Å². The first-order chi connectivity index (χ1) is 9.39. The fourth-order valence-electron chi connectivity index (χ4n) is 2.06. The van der Waals surface area contributed by atoms with Gasteiger partial charge in [-0.15, -0.1) is 0 Å². The van der Waals surface area contributed by atoms with Crippen molar-refractivity contribution >= 4 is 5.97 Å². The molecule has 0 aliphatic carbocycles. The summed E-state index contributed by atoms with van der Waals surface area (Å²) in [5.41, 5.74) is 1.51. The van der Waals surface area contributed by atoms with Crippen molar-refractivity contribution in [1.29, 1.82) is 0 Å². The van der Waals surface area contributed by atoms with Crippen LogP contribution < -0.4 is 10.1 Å². The largest absolute Gasteiger partial charge is 0.493 e. The maximum absolute atomic E-state index is 11.1. The Bertz CT molecular complexity index is 459. The Hall–Kier alpha value is -1.55. The zero-order valence-corrected chi connectivity index (χ0v) is 12.8. The highest BCUT2D eigenvalue weighted by molar-refractivity contribution is 5.78. The lowest BCUT2D eigenvalue weighted by Gasteiger charge is -2.23. The molecule has 0 bridgehead atoms. The number of carbonyl (C=O) groups is 1. The molecule has 1 aromatic carbocycles. The van der Waals surface area contributed by atoms with Gasteiger partial charge in [0.15, 0.2) is 0 Å². The summed E-state index contributed by atoms with van der Waals surface area (Å²) in [5, 5.41) is 12.0. The second kappa shape index (κ2) is 7.29. The number of likely N-dealkylation sites (N-methyl/N-ethyl adjacent to an activating group) is 1. The van der Waals surface area contributed by atoms with Crippen LogP contribution in [-0.2, 0) is 4.79 Å². The molecule has 0 aliphatic rings. The van der Waals surface area contributed by atoms with Gasteiger partial charge in [0.2, 0.25) is 0 Å². The first-order valence-corrected chi connectivity index (χ1v) is 7.01.